The minimum atomic E-state index is -1.84. The van der Waals surface area contributed by atoms with Gasteiger partial charge in [0.1, 0.15) is 11.6 Å². The summed E-state index contributed by atoms with van der Waals surface area (Å²) in [5.74, 6) is 5.38. The number of ketones is 2. The topological polar surface area (TPSA) is 196 Å². The number of fused-ring (bicyclic) bond motifs is 10. The van der Waals surface area contributed by atoms with Gasteiger partial charge >= 0.3 is 0 Å². The van der Waals surface area contributed by atoms with E-state index in [4.69, 9.17) is 4.74 Å². The van der Waals surface area contributed by atoms with Crippen LogP contribution in [0.2, 0.25) is 0 Å². The van der Waals surface area contributed by atoms with Gasteiger partial charge in [0.05, 0.1) is 25.2 Å². The first-order valence-electron chi connectivity index (χ1n) is 28.4. The van der Waals surface area contributed by atoms with Crippen molar-refractivity contribution in [1.82, 2.24) is 15.6 Å². The van der Waals surface area contributed by atoms with Crippen LogP contribution < -0.4 is 20.7 Å². The highest BCUT2D eigenvalue weighted by Gasteiger charge is 2.50. The number of allylic oxidation sites excluding steroid dienone is 2. The van der Waals surface area contributed by atoms with Crippen molar-refractivity contribution < 1.29 is 39.9 Å². The maximum Gasteiger partial charge on any atom is 0.173 e. The van der Waals surface area contributed by atoms with Gasteiger partial charge in [0, 0.05) is 72.7 Å². The Labute approximate surface area is 453 Å². The van der Waals surface area contributed by atoms with E-state index in [1.807, 2.05) is 60.7 Å². The second-order valence-corrected chi connectivity index (χ2v) is 23.1. The molecule has 1 aromatic heterocycles. The standard InChI is InChI=1S/C65H78N4O8/c1-4-11-52-47-28-41(27-44-17-20-51(42-12-7-5-8-13-42)53-35-57(72)58(77-3)32-45(53)18-21-56(71)63(75)62(74)54(44)31-47)26-40-22-25-67-60(29-40)69-49-19-16-43-14-15-46(61(73)55(43)34-49)30-50(70)38-66-36-39(2)48-33-59(68-37-48)65(64(52)76)23-9-6-10-24-65/h5,7-8,12-16,19,22,29,32-35,37,39,41,44,47,50-52,54,63-64,66-70,72-73,75-76H,4,6,9-11,18,21,23-28,30-31,36,38H2,1-3H3. The van der Waals surface area contributed by atoms with Gasteiger partial charge in [-0.15, -0.1) is 0 Å². The summed E-state index contributed by atoms with van der Waals surface area (Å²) in [7, 11) is 1.48. The lowest BCUT2D eigenvalue weighted by molar-refractivity contribution is -0.142. The number of aliphatic hydroxyl groups is 3. The predicted molar refractivity (Wildman–Crippen MR) is 302 cm³/mol. The van der Waals surface area contributed by atoms with E-state index in [-0.39, 0.29) is 53.8 Å². The van der Waals surface area contributed by atoms with Crippen LogP contribution in [0.4, 0.5) is 5.69 Å². The molecule has 9 N–H and O–H groups in total. The first-order valence-corrected chi connectivity index (χ1v) is 28.4. The molecule has 4 aromatic carbocycles. The normalized spacial score (nSPS) is 28.3. The Bertz CT molecular complexity index is 3050. The number of carbonyl (C=O) groups is 2. The van der Waals surface area contributed by atoms with Crippen molar-refractivity contribution in [3.63, 3.8) is 0 Å². The number of aromatic amines is 1. The van der Waals surface area contributed by atoms with E-state index in [0.717, 1.165) is 95.4 Å². The van der Waals surface area contributed by atoms with Crippen molar-refractivity contribution in [2.24, 2.45) is 29.6 Å². The minimum absolute atomic E-state index is 0.00404. The molecule has 2 saturated carbocycles. The summed E-state index contributed by atoms with van der Waals surface area (Å²) in [6.07, 6.45) is 12.0. The van der Waals surface area contributed by atoms with E-state index in [1.54, 1.807) is 12.1 Å². The summed E-state index contributed by atoms with van der Waals surface area (Å²) >= 11 is 0. The van der Waals surface area contributed by atoms with Crippen molar-refractivity contribution in [1.29, 1.82) is 0 Å². The molecular weight excluding hydrogens is 965 g/mol. The highest BCUT2D eigenvalue weighted by molar-refractivity contribution is 6.06. The SMILES string of the molecule is CCCC1C2CC(CC3=CCNC(=C3)Nc3ccc4ccc(c(O)c4c3)CC(O)CNCC(C)c3c[nH]c(c3)C3(CCCCC3)C1O)CC1C#CC(c3ccccc3)c3cc(O)c(OC)cc3CCC(=O)C(O)C(=O)C1C2. The molecule has 2 aliphatic heterocycles. The number of benzene rings is 4. The molecule has 77 heavy (non-hydrogen) atoms. The molecule has 10 rings (SSSR count). The summed E-state index contributed by atoms with van der Waals surface area (Å²) in [5, 5.41) is 71.8. The fourth-order valence-corrected chi connectivity index (χ4v) is 13.9. The summed E-state index contributed by atoms with van der Waals surface area (Å²) in [5.41, 5.74) is 6.57. The smallest absolute Gasteiger partial charge is 0.173 e. The van der Waals surface area contributed by atoms with Crippen LogP contribution in [-0.4, -0.2) is 87.1 Å². The maximum atomic E-state index is 15.2. The summed E-state index contributed by atoms with van der Waals surface area (Å²) in [6.45, 7) is 5.88. The van der Waals surface area contributed by atoms with Crippen LogP contribution >= 0.6 is 0 Å². The number of aromatic nitrogens is 1. The van der Waals surface area contributed by atoms with Crippen LogP contribution in [0.1, 0.15) is 136 Å². The van der Waals surface area contributed by atoms with Gasteiger partial charge in [-0.25, -0.2) is 0 Å². The third-order valence-corrected chi connectivity index (χ3v) is 18.1. The van der Waals surface area contributed by atoms with Gasteiger partial charge in [0.15, 0.2) is 29.2 Å². The zero-order valence-electron chi connectivity index (χ0n) is 45.0. The molecule has 0 radical (unpaired) electrons. The van der Waals surface area contributed by atoms with Gasteiger partial charge in [-0.1, -0.05) is 106 Å². The molecule has 0 amide bonds. The number of H-pyrrole nitrogens is 1. The number of methoxy groups -OCH3 is 1. The lowest BCUT2D eigenvalue weighted by atomic mass is 9.61. The molecule has 3 aliphatic carbocycles. The third-order valence-electron chi connectivity index (χ3n) is 18.1. The van der Waals surface area contributed by atoms with E-state index >= 15 is 4.79 Å². The third kappa shape index (κ3) is 11.6. The number of rotatable bonds is 4. The molecule has 12 nitrogen and oxygen atoms in total. The van der Waals surface area contributed by atoms with Gasteiger partial charge in [-0.3, -0.25) is 9.59 Å². The summed E-state index contributed by atoms with van der Waals surface area (Å²) in [6, 6.07) is 25.4. The quantitative estimate of drug-likeness (QED) is 0.0614. The van der Waals surface area contributed by atoms with Crippen molar-refractivity contribution >= 4 is 28.0 Å². The molecule has 2 fully saturated rings. The van der Waals surface area contributed by atoms with Gasteiger partial charge < -0.3 is 51.2 Å². The molecule has 1 spiro atoms. The second-order valence-electron chi connectivity index (χ2n) is 23.1. The van der Waals surface area contributed by atoms with Crippen LogP contribution in [0, 0.1) is 41.4 Å². The average molecular weight is 1040 g/mol. The highest BCUT2D eigenvalue weighted by atomic mass is 16.5. The van der Waals surface area contributed by atoms with Crippen molar-refractivity contribution in [2.75, 3.05) is 32.1 Å². The second kappa shape index (κ2) is 23.7. The fourth-order valence-electron chi connectivity index (χ4n) is 13.9. The number of nitrogens with one attached hydrogen (secondary N) is 4. The molecule has 406 valence electrons. The van der Waals surface area contributed by atoms with E-state index in [9.17, 15) is 30.3 Å². The summed E-state index contributed by atoms with van der Waals surface area (Å²) in [4.78, 5) is 33.2. The summed E-state index contributed by atoms with van der Waals surface area (Å²) < 4.78 is 5.54. The highest BCUT2D eigenvalue weighted by Crippen LogP contribution is 2.51. The Hall–Kier alpha value is -6.36. The number of aliphatic hydroxyl groups excluding tert-OH is 3. The number of aromatic hydroxyl groups is 2. The van der Waals surface area contributed by atoms with Crippen LogP contribution in [0.5, 0.6) is 17.2 Å². The first-order chi connectivity index (χ1) is 37.3. The number of phenols is 2. The predicted octanol–water partition coefficient (Wildman–Crippen LogP) is 9.98. The molecule has 12 heteroatoms. The Morgan fingerprint density at radius 2 is 1.64 bits per heavy atom. The number of anilines is 1. The van der Waals surface area contributed by atoms with Crippen molar-refractivity contribution in [3.8, 4) is 29.1 Å². The molecule has 0 saturated heterocycles. The van der Waals surface area contributed by atoms with Crippen LogP contribution in [0.15, 0.2) is 109 Å². The lowest BCUT2D eigenvalue weighted by Crippen LogP contribution is -2.48. The van der Waals surface area contributed by atoms with Crippen LogP contribution in [-0.2, 0) is 27.8 Å². The monoisotopic (exact) mass is 1040 g/mol. The van der Waals surface area contributed by atoms with E-state index in [2.05, 4.69) is 71.0 Å². The number of hydrogen-bond donors (Lipinski definition) is 9. The number of phenolic OH excluding ortho intramolecular Hbond substituents is 2. The zero-order valence-corrected chi connectivity index (χ0v) is 45.0. The molecule has 10 unspecified atom stereocenters. The maximum absolute atomic E-state index is 15.2. The number of aryl methyl sites for hydroxylation is 1. The fraction of sp³-hybridized carbons (Fsp3) is 0.477. The van der Waals surface area contributed by atoms with Crippen LogP contribution in [0.3, 0.4) is 0 Å². The van der Waals surface area contributed by atoms with Gasteiger partial charge in [-0.05, 0) is 150 Å². The van der Waals surface area contributed by atoms with Gasteiger partial charge in [0.25, 0.3) is 0 Å². The molecule has 5 aromatic rings. The van der Waals surface area contributed by atoms with Gasteiger partial charge in [0.2, 0.25) is 0 Å². The van der Waals surface area contributed by atoms with E-state index in [1.165, 1.54) is 7.11 Å². The molecule has 3 heterocycles. The largest absolute Gasteiger partial charge is 0.507 e. The van der Waals surface area contributed by atoms with Crippen molar-refractivity contribution in [3.05, 3.63) is 142 Å². The number of ether oxygens (including phenoxy) is 1. The molecule has 10 atom stereocenters. The number of dihydropyridines is 1. The lowest BCUT2D eigenvalue weighted by Gasteiger charge is -2.46. The van der Waals surface area contributed by atoms with Crippen molar-refractivity contribution in [2.45, 2.75) is 139 Å². The van der Waals surface area contributed by atoms with Crippen LogP contribution in [0.25, 0.3) is 10.8 Å². The average Bonchev–Trinajstić information content (AvgIpc) is 3.97. The van der Waals surface area contributed by atoms with E-state index < -0.39 is 53.0 Å². The minimum Gasteiger partial charge on any atom is -0.507 e. The first kappa shape index (κ1) is 54.0. The number of Topliss-reactive ketones (excluding diaryl/α,β-unsaturated/α-hetero) is 2. The molecule has 9 bridgehead atoms. The Balaban J connectivity index is 1.10. The Kier molecular flexibility index (Phi) is 16.6. The number of hydrogen-bond acceptors (Lipinski definition) is 11. The number of β-amino-alcohol motifs (C(OH)–C–C–N with tert-alkyl or cyclic N) is 1. The van der Waals surface area contributed by atoms with E-state index in [0.29, 0.717) is 62.7 Å². The molecular formula is C65H78N4O8. The number of carbonyl (C=O) groups excluding carboxylic acids is 2. The Morgan fingerprint density at radius 3 is 2.43 bits per heavy atom. The van der Waals surface area contributed by atoms with Gasteiger partial charge in [-0.2, -0.15) is 0 Å². The molecule has 5 aliphatic rings. The Morgan fingerprint density at radius 1 is 0.831 bits per heavy atom. The zero-order chi connectivity index (χ0) is 53.8.